The zero-order valence-corrected chi connectivity index (χ0v) is 11.8. The second kappa shape index (κ2) is 7.24. The van der Waals surface area contributed by atoms with Gasteiger partial charge in [-0.05, 0) is 24.3 Å². The van der Waals surface area contributed by atoms with Crippen LogP contribution in [0.15, 0.2) is 42.5 Å². The van der Waals surface area contributed by atoms with Crippen LogP contribution in [0.4, 0.5) is 8.78 Å². The van der Waals surface area contributed by atoms with E-state index in [1.165, 1.54) is 12.1 Å². The van der Waals surface area contributed by atoms with Crippen molar-refractivity contribution in [2.45, 2.75) is 19.7 Å². The first kappa shape index (κ1) is 15.5. The average Bonchev–Trinajstić information content (AvgIpc) is 2.43. The summed E-state index contributed by atoms with van der Waals surface area (Å²) in [4.78, 5) is 0. The van der Waals surface area contributed by atoms with Crippen molar-refractivity contribution < 1.29 is 18.6 Å². The lowest BCUT2D eigenvalue weighted by atomic mass is 10.1. The highest BCUT2D eigenvalue weighted by Crippen LogP contribution is 2.24. The van der Waals surface area contributed by atoms with Gasteiger partial charge in [0, 0.05) is 29.2 Å². The monoisotopic (exact) mass is 313 g/mol. The fourth-order valence-electron chi connectivity index (χ4n) is 1.89. The van der Waals surface area contributed by atoms with E-state index in [1.54, 1.807) is 30.3 Å². The summed E-state index contributed by atoms with van der Waals surface area (Å²) in [6, 6.07) is 11.4. The predicted octanol–water partition coefficient (Wildman–Crippen LogP) is 3.94. The molecule has 0 amide bonds. The summed E-state index contributed by atoms with van der Waals surface area (Å²) in [6.45, 7) is -2.20. The number of halogens is 3. The molecule has 0 unspecified atom stereocenters. The molecule has 2 aromatic carbocycles. The largest absolute Gasteiger partial charge is 0.508 e. The highest BCUT2D eigenvalue weighted by atomic mass is 35.5. The van der Waals surface area contributed by atoms with Crippen LogP contribution in [0.3, 0.4) is 0 Å². The van der Waals surface area contributed by atoms with Gasteiger partial charge in [0.25, 0.3) is 0 Å². The third-order valence-corrected chi connectivity index (χ3v) is 3.10. The zero-order chi connectivity index (χ0) is 15.2. The van der Waals surface area contributed by atoms with Crippen LogP contribution in [0.1, 0.15) is 11.1 Å². The molecule has 0 spiro atoms. The number of alkyl halides is 2. The van der Waals surface area contributed by atoms with Crippen molar-refractivity contribution in [2.75, 3.05) is 0 Å². The van der Waals surface area contributed by atoms with E-state index in [1.807, 2.05) is 0 Å². The maximum atomic E-state index is 12.3. The maximum absolute atomic E-state index is 12.3. The minimum absolute atomic E-state index is 0.0826. The van der Waals surface area contributed by atoms with Crippen LogP contribution in [-0.4, -0.2) is 11.7 Å². The second-order valence-electron chi connectivity index (χ2n) is 4.36. The van der Waals surface area contributed by atoms with Crippen molar-refractivity contribution in [2.24, 2.45) is 0 Å². The maximum Gasteiger partial charge on any atom is 0.387 e. The quantitative estimate of drug-likeness (QED) is 0.849. The Balaban J connectivity index is 2.02. The first-order chi connectivity index (χ1) is 10.1. The van der Waals surface area contributed by atoms with E-state index in [4.69, 9.17) is 11.6 Å². The number of phenols is 1. The van der Waals surface area contributed by atoms with Gasteiger partial charge in [0.05, 0.1) is 0 Å². The molecule has 3 nitrogen and oxygen atoms in total. The van der Waals surface area contributed by atoms with Crippen LogP contribution < -0.4 is 10.1 Å². The summed E-state index contributed by atoms with van der Waals surface area (Å²) in [5.41, 5.74) is 1.24. The van der Waals surface area contributed by atoms with Gasteiger partial charge in [-0.25, -0.2) is 0 Å². The molecule has 0 saturated heterocycles. The summed E-state index contributed by atoms with van der Waals surface area (Å²) in [7, 11) is 0. The standard InChI is InChI=1S/C15H14ClF2NO2/c16-12-5-6-14(21-15(17)18)11(7-12)9-19-8-10-3-1-2-4-13(10)20/h1-7,15,19-20H,8-9H2. The van der Waals surface area contributed by atoms with Gasteiger partial charge in [-0.3, -0.25) is 0 Å². The minimum Gasteiger partial charge on any atom is -0.508 e. The Labute approximate surface area is 126 Å². The Bertz CT molecular complexity index is 608. The van der Waals surface area contributed by atoms with Crippen molar-refractivity contribution >= 4 is 11.6 Å². The number of ether oxygens (including phenoxy) is 1. The van der Waals surface area contributed by atoms with Crippen LogP contribution in [0.25, 0.3) is 0 Å². The van der Waals surface area contributed by atoms with Crippen molar-refractivity contribution in [1.29, 1.82) is 0 Å². The number of hydrogen-bond donors (Lipinski definition) is 2. The molecule has 0 heterocycles. The highest BCUT2D eigenvalue weighted by molar-refractivity contribution is 6.30. The molecule has 0 atom stereocenters. The Kier molecular flexibility index (Phi) is 5.36. The van der Waals surface area contributed by atoms with Gasteiger partial charge in [-0.15, -0.1) is 0 Å². The highest BCUT2D eigenvalue weighted by Gasteiger charge is 2.10. The van der Waals surface area contributed by atoms with Gasteiger partial charge < -0.3 is 15.2 Å². The van der Waals surface area contributed by atoms with Crippen molar-refractivity contribution in [3.05, 3.63) is 58.6 Å². The van der Waals surface area contributed by atoms with Crippen LogP contribution in [-0.2, 0) is 13.1 Å². The number of aromatic hydroxyl groups is 1. The topological polar surface area (TPSA) is 41.5 Å². The lowest BCUT2D eigenvalue weighted by Crippen LogP contribution is -2.14. The molecule has 0 aliphatic heterocycles. The first-order valence-electron chi connectivity index (χ1n) is 6.27. The van der Waals surface area contributed by atoms with Gasteiger partial charge in [0.2, 0.25) is 0 Å². The first-order valence-corrected chi connectivity index (χ1v) is 6.65. The van der Waals surface area contributed by atoms with Crippen LogP contribution in [0, 0.1) is 0 Å². The van der Waals surface area contributed by atoms with E-state index in [-0.39, 0.29) is 18.0 Å². The normalized spacial score (nSPS) is 10.9. The number of rotatable bonds is 6. The lowest BCUT2D eigenvalue weighted by Gasteiger charge is -2.12. The molecule has 6 heteroatoms. The molecule has 2 N–H and O–H groups in total. The zero-order valence-electron chi connectivity index (χ0n) is 11.0. The molecule has 0 fully saturated rings. The third kappa shape index (κ3) is 4.58. The average molecular weight is 314 g/mol. The fourth-order valence-corrected chi connectivity index (χ4v) is 2.08. The number of hydrogen-bond acceptors (Lipinski definition) is 3. The predicted molar refractivity (Wildman–Crippen MR) is 76.7 cm³/mol. The molecule has 0 aliphatic carbocycles. The van der Waals surface area contributed by atoms with Crippen molar-refractivity contribution in [3.8, 4) is 11.5 Å². The van der Waals surface area contributed by atoms with E-state index in [0.717, 1.165) is 5.56 Å². The molecule has 0 saturated carbocycles. The van der Waals surface area contributed by atoms with Crippen molar-refractivity contribution in [1.82, 2.24) is 5.32 Å². The molecular formula is C15H14ClF2NO2. The van der Waals surface area contributed by atoms with Gasteiger partial charge >= 0.3 is 6.61 Å². The fraction of sp³-hybridized carbons (Fsp3) is 0.200. The number of nitrogens with one attached hydrogen (secondary N) is 1. The Morgan fingerprint density at radius 2 is 1.81 bits per heavy atom. The number of phenolic OH excluding ortho intramolecular Hbond substituents is 1. The van der Waals surface area contributed by atoms with E-state index < -0.39 is 6.61 Å². The molecule has 0 aliphatic rings. The van der Waals surface area contributed by atoms with Crippen LogP contribution >= 0.6 is 11.6 Å². The van der Waals surface area contributed by atoms with Gasteiger partial charge in [-0.2, -0.15) is 8.78 Å². The molecule has 21 heavy (non-hydrogen) atoms. The molecule has 2 rings (SSSR count). The van der Waals surface area contributed by atoms with E-state index >= 15 is 0 Å². The molecule has 112 valence electrons. The Morgan fingerprint density at radius 3 is 2.52 bits per heavy atom. The SMILES string of the molecule is Oc1ccccc1CNCc1cc(Cl)ccc1OC(F)F. The number of para-hydroxylation sites is 1. The Hall–Kier alpha value is -1.85. The Morgan fingerprint density at radius 1 is 1.10 bits per heavy atom. The molecule has 0 bridgehead atoms. The summed E-state index contributed by atoms with van der Waals surface area (Å²) in [5, 5.41) is 13.1. The molecule has 0 aromatic heterocycles. The smallest absolute Gasteiger partial charge is 0.387 e. The summed E-state index contributed by atoms with van der Waals surface area (Å²) in [5.74, 6) is 0.263. The van der Waals surface area contributed by atoms with E-state index in [0.29, 0.717) is 17.1 Å². The van der Waals surface area contributed by atoms with Gasteiger partial charge in [-0.1, -0.05) is 29.8 Å². The van der Waals surface area contributed by atoms with Crippen LogP contribution in [0.5, 0.6) is 11.5 Å². The minimum atomic E-state index is -2.89. The lowest BCUT2D eigenvalue weighted by molar-refractivity contribution is -0.0505. The van der Waals surface area contributed by atoms with Gasteiger partial charge in [0.1, 0.15) is 11.5 Å². The van der Waals surface area contributed by atoms with E-state index in [9.17, 15) is 13.9 Å². The molecule has 0 radical (unpaired) electrons. The summed E-state index contributed by atoms with van der Waals surface area (Å²) >= 11 is 5.86. The number of benzene rings is 2. The molecule has 2 aromatic rings. The van der Waals surface area contributed by atoms with Gasteiger partial charge in [0.15, 0.2) is 0 Å². The second-order valence-corrected chi connectivity index (χ2v) is 4.80. The van der Waals surface area contributed by atoms with Crippen molar-refractivity contribution in [3.63, 3.8) is 0 Å². The van der Waals surface area contributed by atoms with Crippen LogP contribution in [0.2, 0.25) is 5.02 Å². The summed E-state index contributed by atoms with van der Waals surface area (Å²) in [6.07, 6.45) is 0. The summed E-state index contributed by atoms with van der Waals surface area (Å²) < 4.78 is 29.1. The molecular weight excluding hydrogens is 300 g/mol. The third-order valence-electron chi connectivity index (χ3n) is 2.86. The van der Waals surface area contributed by atoms with E-state index in [2.05, 4.69) is 10.1 Å².